The summed E-state index contributed by atoms with van der Waals surface area (Å²) in [6, 6.07) is 3.12. The Bertz CT molecular complexity index is 703. The first-order valence-corrected chi connectivity index (χ1v) is 8.19. The summed E-state index contributed by atoms with van der Waals surface area (Å²) in [5, 5.41) is 7.08. The van der Waals surface area contributed by atoms with Gasteiger partial charge in [-0.2, -0.15) is 5.10 Å². The van der Waals surface area contributed by atoms with Crippen LogP contribution in [0.4, 0.5) is 0 Å². The first-order chi connectivity index (χ1) is 9.94. The summed E-state index contributed by atoms with van der Waals surface area (Å²) in [6.45, 7) is 5.34. The number of hydrogen-bond acceptors (Lipinski definition) is 5. The largest absolute Gasteiger partial charge is 0.447 e. The molecule has 2 N–H and O–H groups in total. The molecule has 2 heterocycles. The third kappa shape index (κ3) is 3.72. The molecule has 21 heavy (non-hydrogen) atoms. The summed E-state index contributed by atoms with van der Waals surface area (Å²) in [5.74, 6) is 0.592. The molecule has 0 atom stereocenters. The van der Waals surface area contributed by atoms with E-state index in [4.69, 9.17) is 4.42 Å². The summed E-state index contributed by atoms with van der Waals surface area (Å²) in [7, 11) is -1.84. The molecule has 0 saturated carbocycles. The zero-order chi connectivity index (χ0) is 15.5. The van der Waals surface area contributed by atoms with E-state index in [1.807, 2.05) is 20.9 Å². The fraction of sp³-hybridized carbons (Fsp3) is 0.462. The van der Waals surface area contributed by atoms with Gasteiger partial charge in [-0.05, 0) is 25.6 Å². The van der Waals surface area contributed by atoms with E-state index >= 15 is 0 Å². The normalized spacial score (nSPS) is 12.0. The van der Waals surface area contributed by atoms with Gasteiger partial charge in [-0.1, -0.05) is 6.92 Å². The molecular weight excluding hydrogens is 292 g/mol. The number of sulfonamides is 1. The van der Waals surface area contributed by atoms with Crippen molar-refractivity contribution in [3.8, 4) is 0 Å². The van der Waals surface area contributed by atoms with Crippen molar-refractivity contribution < 1.29 is 12.8 Å². The highest BCUT2D eigenvalue weighted by Gasteiger charge is 2.19. The number of hydrogen-bond donors (Lipinski definition) is 2. The molecule has 0 saturated heterocycles. The van der Waals surface area contributed by atoms with Crippen LogP contribution in [0.3, 0.4) is 0 Å². The molecule has 0 aliphatic rings. The van der Waals surface area contributed by atoms with Crippen LogP contribution in [0.1, 0.15) is 23.9 Å². The van der Waals surface area contributed by atoms with Crippen LogP contribution in [0, 0.1) is 6.92 Å². The second-order valence-corrected chi connectivity index (χ2v) is 6.40. The lowest BCUT2D eigenvalue weighted by Gasteiger charge is -2.04. The Morgan fingerprint density at radius 1 is 1.33 bits per heavy atom. The van der Waals surface area contributed by atoms with Crippen LogP contribution >= 0.6 is 0 Å². The average molecular weight is 312 g/mol. The minimum atomic E-state index is -3.65. The minimum Gasteiger partial charge on any atom is -0.447 e. The summed E-state index contributed by atoms with van der Waals surface area (Å²) < 4.78 is 33.9. The molecular formula is C13H20N4O3S. The molecule has 0 radical (unpaired) electrons. The minimum absolute atomic E-state index is 0.0723. The van der Waals surface area contributed by atoms with Gasteiger partial charge in [0, 0.05) is 24.8 Å². The number of nitrogens with zero attached hydrogens (tertiary/aromatic N) is 2. The molecule has 0 amide bonds. The predicted octanol–water partition coefficient (Wildman–Crippen LogP) is 0.910. The van der Waals surface area contributed by atoms with E-state index in [1.165, 1.54) is 6.07 Å². The molecule has 8 heteroatoms. The van der Waals surface area contributed by atoms with Crippen molar-refractivity contribution in [1.29, 1.82) is 0 Å². The van der Waals surface area contributed by atoms with Crippen molar-refractivity contribution in [3.05, 3.63) is 35.3 Å². The monoisotopic (exact) mass is 312 g/mol. The zero-order valence-electron chi connectivity index (χ0n) is 12.4. The first-order valence-electron chi connectivity index (χ1n) is 6.70. The maximum Gasteiger partial charge on any atom is 0.274 e. The Morgan fingerprint density at radius 2 is 2.10 bits per heavy atom. The van der Waals surface area contributed by atoms with E-state index in [9.17, 15) is 8.42 Å². The summed E-state index contributed by atoms with van der Waals surface area (Å²) in [6.07, 6.45) is 1.65. The maximum absolute atomic E-state index is 12.2. The molecule has 7 nitrogen and oxygen atoms in total. The summed E-state index contributed by atoms with van der Waals surface area (Å²) in [4.78, 5) is 0. The van der Waals surface area contributed by atoms with Crippen LogP contribution < -0.4 is 10.0 Å². The second kappa shape index (κ2) is 6.42. The molecule has 2 aromatic heterocycles. The van der Waals surface area contributed by atoms with Gasteiger partial charge in [0.15, 0.2) is 0 Å². The van der Waals surface area contributed by atoms with E-state index in [0.29, 0.717) is 12.3 Å². The lowest BCUT2D eigenvalue weighted by Crippen LogP contribution is -2.23. The Hall–Kier alpha value is -1.64. The van der Waals surface area contributed by atoms with E-state index in [0.717, 1.165) is 17.8 Å². The van der Waals surface area contributed by atoms with E-state index in [2.05, 4.69) is 15.1 Å². The van der Waals surface area contributed by atoms with Gasteiger partial charge in [0.1, 0.15) is 5.76 Å². The standard InChI is InChI=1S/C13H20N4O3S/c1-4-14-9-12-5-6-13(20-12)21(18,19)16-8-11-7-15-17(3)10(11)2/h5-7,14,16H,4,8-9H2,1-3H3. The van der Waals surface area contributed by atoms with Gasteiger partial charge in [-0.25, -0.2) is 13.1 Å². The van der Waals surface area contributed by atoms with Crippen molar-refractivity contribution in [3.63, 3.8) is 0 Å². The molecule has 0 aromatic carbocycles. The van der Waals surface area contributed by atoms with E-state index in [1.54, 1.807) is 16.9 Å². The van der Waals surface area contributed by atoms with Gasteiger partial charge in [0.25, 0.3) is 10.0 Å². The molecule has 0 aliphatic carbocycles. The Kier molecular flexibility index (Phi) is 4.81. The fourth-order valence-corrected chi connectivity index (χ4v) is 2.76. The number of nitrogens with one attached hydrogen (secondary N) is 2. The molecule has 116 valence electrons. The molecule has 0 bridgehead atoms. The van der Waals surface area contributed by atoms with Crippen LogP contribution in [-0.4, -0.2) is 24.7 Å². The maximum atomic E-state index is 12.2. The lowest BCUT2D eigenvalue weighted by molar-refractivity contribution is 0.401. The summed E-state index contributed by atoms with van der Waals surface area (Å²) >= 11 is 0. The highest BCUT2D eigenvalue weighted by molar-refractivity contribution is 7.89. The molecule has 0 spiro atoms. The van der Waals surface area contributed by atoms with Crippen LogP contribution in [-0.2, 0) is 30.2 Å². The van der Waals surface area contributed by atoms with Crippen molar-refractivity contribution in [2.45, 2.75) is 32.0 Å². The van der Waals surface area contributed by atoms with Crippen LogP contribution in [0.15, 0.2) is 27.8 Å². The average Bonchev–Trinajstić information content (AvgIpc) is 3.04. The highest BCUT2D eigenvalue weighted by Crippen LogP contribution is 2.15. The van der Waals surface area contributed by atoms with Gasteiger partial charge < -0.3 is 9.73 Å². The Labute approximate surface area is 124 Å². The van der Waals surface area contributed by atoms with Crippen LogP contribution in [0.25, 0.3) is 0 Å². The van der Waals surface area contributed by atoms with Crippen molar-refractivity contribution in [1.82, 2.24) is 19.8 Å². The second-order valence-electron chi connectivity index (χ2n) is 4.70. The van der Waals surface area contributed by atoms with Crippen LogP contribution in [0.2, 0.25) is 0 Å². The zero-order valence-corrected chi connectivity index (χ0v) is 13.2. The van der Waals surface area contributed by atoms with Crippen molar-refractivity contribution in [2.75, 3.05) is 6.54 Å². The third-order valence-electron chi connectivity index (χ3n) is 3.24. The number of aromatic nitrogens is 2. The van der Waals surface area contributed by atoms with Gasteiger partial charge in [0.2, 0.25) is 5.09 Å². The highest BCUT2D eigenvalue weighted by atomic mass is 32.2. The number of rotatable bonds is 7. The lowest BCUT2D eigenvalue weighted by atomic mass is 10.3. The number of furan rings is 1. The van der Waals surface area contributed by atoms with Crippen molar-refractivity contribution >= 4 is 10.0 Å². The van der Waals surface area contributed by atoms with Gasteiger partial charge >= 0.3 is 0 Å². The van der Waals surface area contributed by atoms with Gasteiger partial charge in [-0.15, -0.1) is 0 Å². The SMILES string of the molecule is CCNCc1ccc(S(=O)(=O)NCc2cnn(C)c2C)o1. The van der Waals surface area contributed by atoms with Gasteiger partial charge in [0.05, 0.1) is 12.7 Å². The Balaban J connectivity index is 2.04. The molecule has 0 unspecified atom stereocenters. The molecule has 2 aromatic rings. The van der Waals surface area contributed by atoms with E-state index in [-0.39, 0.29) is 11.6 Å². The van der Waals surface area contributed by atoms with E-state index < -0.39 is 10.0 Å². The number of aryl methyl sites for hydroxylation is 1. The smallest absolute Gasteiger partial charge is 0.274 e. The topological polar surface area (TPSA) is 89.2 Å². The van der Waals surface area contributed by atoms with Crippen LogP contribution in [0.5, 0.6) is 0 Å². The fourth-order valence-electron chi connectivity index (χ4n) is 1.81. The quantitative estimate of drug-likeness (QED) is 0.793. The molecule has 0 aliphatic heterocycles. The summed E-state index contributed by atoms with van der Waals surface area (Å²) in [5.41, 5.74) is 1.76. The molecule has 2 rings (SSSR count). The molecule has 0 fully saturated rings. The first kappa shape index (κ1) is 15.7. The van der Waals surface area contributed by atoms with Gasteiger partial charge in [-0.3, -0.25) is 4.68 Å². The Morgan fingerprint density at radius 3 is 2.71 bits per heavy atom. The third-order valence-corrected chi connectivity index (χ3v) is 4.51. The predicted molar refractivity (Wildman–Crippen MR) is 78.1 cm³/mol. The van der Waals surface area contributed by atoms with Crippen molar-refractivity contribution in [2.24, 2.45) is 7.05 Å².